The number of benzene rings is 2. The smallest absolute Gasteiger partial charge is 0.261 e. The molecule has 2 aliphatic heterocycles. The van der Waals surface area contributed by atoms with Crippen molar-refractivity contribution >= 4 is 45.9 Å². The molecule has 2 aromatic carbocycles. The standard InChI is InChI=1S/C25H23ClN4O3/c26-18-9-10-21(27-16-18)28-12-14-29(15-13-28)22(31)8-3-11-30-24(32)19-6-1-4-17-5-2-7-20(23(17)19)25(30)33/h1-2,4-7,9-10,16H,3,8,11-15H2. The van der Waals surface area contributed by atoms with Crippen LogP contribution in [0.5, 0.6) is 0 Å². The number of nitrogens with zero attached hydrogens (tertiary/aromatic N) is 4. The molecule has 1 aromatic heterocycles. The minimum atomic E-state index is -0.291. The molecule has 1 fully saturated rings. The van der Waals surface area contributed by atoms with Crippen LogP contribution < -0.4 is 4.90 Å². The van der Waals surface area contributed by atoms with Gasteiger partial charge in [-0.2, -0.15) is 0 Å². The van der Waals surface area contributed by atoms with E-state index in [4.69, 9.17) is 11.6 Å². The third-order valence-corrected chi connectivity index (χ3v) is 6.52. The van der Waals surface area contributed by atoms with E-state index in [2.05, 4.69) is 9.88 Å². The first-order valence-electron chi connectivity index (χ1n) is 11.0. The number of imide groups is 1. The largest absolute Gasteiger partial charge is 0.353 e. The lowest BCUT2D eigenvalue weighted by Crippen LogP contribution is -2.49. The van der Waals surface area contributed by atoms with Crippen LogP contribution in [-0.2, 0) is 4.79 Å². The van der Waals surface area contributed by atoms with E-state index in [1.807, 2.05) is 41.3 Å². The van der Waals surface area contributed by atoms with Gasteiger partial charge in [-0.1, -0.05) is 35.9 Å². The van der Waals surface area contributed by atoms with Crippen LogP contribution >= 0.6 is 11.6 Å². The van der Waals surface area contributed by atoms with Gasteiger partial charge in [0.15, 0.2) is 0 Å². The molecular weight excluding hydrogens is 440 g/mol. The molecule has 3 heterocycles. The minimum absolute atomic E-state index is 0.0399. The van der Waals surface area contributed by atoms with Crippen LogP contribution in [0.3, 0.4) is 0 Å². The lowest BCUT2D eigenvalue weighted by Gasteiger charge is -2.35. The molecule has 3 aromatic rings. The maximum atomic E-state index is 13.0. The van der Waals surface area contributed by atoms with Crippen molar-refractivity contribution in [3.63, 3.8) is 0 Å². The summed E-state index contributed by atoms with van der Waals surface area (Å²) < 4.78 is 0. The molecular formula is C25H23ClN4O3. The predicted molar refractivity (Wildman–Crippen MR) is 127 cm³/mol. The number of carbonyl (C=O) groups is 3. The highest BCUT2D eigenvalue weighted by molar-refractivity contribution is 6.30. The Balaban J connectivity index is 1.17. The van der Waals surface area contributed by atoms with Gasteiger partial charge >= 0.3 is 0 Å². The normalized spacial score (nSPS) is 16.0. The molecule has 1 saturated heterocycles. The van der Waals surface area contributed by atoms with Gasteiger partial charge in [-0.3, -0.25) is 19.3 Å². The second-order valence-corrected chi connectivity index (χ2v) is 8.71. The van der Waals surface area contributed by atoms with Crippen molar-refractivity contribution in [2.24, 2.45) is 0 Å². The summed E-state index contributed by atoms with van der Waals surface area (Å²) in [5.74, 6) is 0.309. The topological polar surface area (TPSA) is 73.8 Å². The molecule has 8 heteroatoms. The number of piperazine rings is 1. The quantitative estimate of drug-likeness (QED) is 0.541. The first kappa shape index (κ1) is 21.4. The Morgan fingerprint density at radius 1 is 0.909 bits per heavy atom. The number of hydrogen-bond acceptors (Lipinski definition) is 5. The summed E-state index contributed by atoms with van der Waals surface area (Å²) in [6.07, 6.45) is 2.35. The number of halogens is 1. The summed E-state index contributed by atoms with van der Waals surface area (Å²) in [6.45, 7) is 2.84. The summed E-state index contributed by atoms with van der Waals surface area (Å²) in [5.41, 5.74) is 1.09. The Labute approximate surface area is 196 Å². The third-order valence-electron chi connectivity index (χ3n) is 6.30. The molecule has 0 N–H and O–H groups in total. The summed E-state index contributed by atoms with van der Waals surface area (Å²) in [5, 5.41) is 2.20. The maximum absolute atomic E-state index is 13.0. The van der Waals surface area contributed by atoms with E-state index in [1.165, 1.54) is 4.90 Å². The van der Waals surface area contributed by atoms with E-state index in [1.54, 1.807) is 18.3 Å². The monoisotopic (exact) mass is 462 g/mol. The zero-order chi connectivity index (χ0) is 22.9. The van der Waals surface area contributed by atoms with Crippen molar-refractivity contribution < 1.29 is 14.4 Å². The first-order chi connectivity index (χ1) is 16.0. The zero-order valence-corrected chi connectivity index (χ0v) is 18.8. The van der Waals surface area contributed by atoms with Gasteiger partial charge in [-0.15, -0.1) is 0 Å². The van der Waals surface area contributed by atoms with Crippen LogP contribution in [0.2, 0.25) is 5.02 Å². The molecule has 7 nitrogen and oxygen atoms in total. The minimum Gasteiger partial charge on any atom is -0.353 e. The van der Waals surface area contributed by atoms with E-state index in [0.717, 1.165) is 16.6 Å². The SMILES string of the molecule is O=C(CCCN1C(=O)c2cccc3cccc(c23)C1=O)N1CCN(c2ccc(Cl)cn2)CC1. The number of amides is 3. The average Bonchev–Trinajstić information content (AvgIpc) is 2.85. The Morgan fingerprint density at radius 3 is 2.18 bits per heavy atom. The fourth-order valence-electron chi connectivity index (χ4n) is 4.57. The summed E-state index contributed by atoms with van der Waals surface area (Å²) in [7, 11) is 0. The van der Waals surface area contributed by atoms with Crippen molar-refractivity contribution in [2.45, 2.75) is 12.8 Å². The highest BCUT2D eigenvalue weighted by Crippen LogP contribution is 2.30. The molecule has 2 aliphatic rings. The molecule has 0 aliphatic carbocycles. The number of carbonyl (C=O) groups excluding carboxylic acids is 3. The molecule has 0 radical (unpaired) electrons. The second-order valence-electron chi connectivity index (χ2n) is 8.28. The summed E-state index contributed by atoms with van der Waals surface area (Å²) >= 11 is 5.90. The second kappa shape index (κ2) is 8.83. The van der Waals surface area contributed by atoms with Gasteiger partial charge in [0, 0.05) is 61.9 Å². The van der Waals surface area contributed by atoms with Gasteiger partial charge in [0.05, 0.1) is 5.02 Å². The van der Waals surface area contributed by atoms with Crippen molar-refractivity contribution in [1.82, 2.24) is 14.8 Å². The van der Waals surface area contributed by atoms with Crippen LogP contribution in [0.25, 0.3) is 10.8 Å². The highest BCUT2D eigenvalue weighted by atomic mass is 35.5. The summed E-state index contributed by atoms with van der Waals surface area (Å²) in [6, 6.07) is 14.7. The number of aromatic nitrogens is 1. The number of anilines is 1. The fourth-order valence-corrected chi connectivity index (χ4v) is 4.68. The van der Waals surface area contributed by atoms with Gasteiger partial charge in [-0.25, -0.2) is 4.98 Å². The van der Waals surface area contributed by atoms with Gasteiger partial charge < -0.3 is 9.80 Å². The third kappa shape index (κ3) is 4.04. The van der Waals surface area contributed by atoms with Crippen LogP contribution in [0, 0.1) is 0 Å². The van der Waals surface area contributed by atoms with Crippen molar-refractivity contribution in [2.75, 3.05) is 37.6 Å². The summed E-state index contributed by atoms with van der Waals surface area (Å²) in [4.78, 5) is 48.2. The molecule has 0 atom stereocenters. The van der Waals surface area contributed by atoms with Gasteiger partial charge in [0.1, 0.15) is 5.82 Å². The van der Waals surface area contributed by atoms with E-state index in [9.17, 15) is 14.4 Å². The number of hydrogen-bond donors (Lipinski definition) is 0. The Bertz CT molecular complexity index is 1190. The number of pyridine rings is 1. The van der Waals surface area contributed by atoms with Crippen molar-refractivity contribution in [3.8, 4) is 0 Å². The average molecular weight is 463 g/mol. The highest BCUT2D eigenvalue weighted by Gasteiger charge is 2.32. The Morgan fingerprint density at radius 2 is 1.58 bits per heavy atom. The molecule has 33 heavy (non-hydrogen) atoms. The lowest BCUT2D eigenvalue weighted by atomic mass is 9.94. The fraction of sp³-hybridized carbons (Fsp3) is 0.280. The van der Waals surface area contributed by atoms with Gasteiger partial charge in [0.25, 0.3) is 11.8 Å². The van der Waals surface area contributed by atoms with Gasteiger partial charge in [0.2, 0.25) is 5.91 Å². The van der Waals surface area contributed by atoms with E-state index >= 15 is 0 Å². The van der Waals surface area contributed by atoms with Crippen molar-refractivity contribution in [1.29, 1.82) is 0 Å². The lowest BCUT2D eigenvalue weighted by molar-refractivity contribution is -0.131. The maximum Gasteiger partial charge on any atom is 0.261 e. The van der Waals surface area contributed by atoms with Crippen LogP contribution in [0.4, 0.5) is 5.82 Å². The molecule has 0 bridgehead atoms. The molecule has 0 unspecified atom stereocenters. The molecule has 168 valence electrons. The van der Waals surface area contributed by atoms with E-state index in [-0.39, 0.29) is 24.3 Å². The molecule has 3 amide bonds. The number of rotatable bonds is 5. The van der Waals surface area contributed by atoms with Gasteiger partial charge in [-0.05, 0) is 36.1 Å². The van der Waals surface area contributed by atoms with Crippen molar-refractivity contribution in [3.05, 3.63) is 70.9 Å². The van der Waals surface area contributed by atoms with E-state index in [0.29, 0.717) is 55.2 Å². The Hall–Kier alpha value is -3.45. The molecule has 0 spiro atoms. The Kier molecular flexibility index (Phi) is 5.72. The van der Waals surface area contributed by atoms with Crippen LogP contribution in [0.1, 0.15) is 33.6 Å². The molecule has 0 saturated carbocycles. The van der Waals surface area contributed by atoms with Crippen LogP contribution in [0.15, 0.2) is 54.7 Å². The van der Waals surface area contributed by atoms with Crippen LogP contribution in [-0.4, -0.2) is 65.2 Å². The predicted octanol–water partition coefficient (Wildman–Crippen LogP) is 3.61. The first-order valence-corrected chi connectivity index (χ1v) is 11.4. The van der Waals surface area contributed by atoms with E-state index < -0.39 is 0 Å². The zero-order valence-electron chi connectivity index (χ0n) is 18.0. The molecule has 5 rings (SSSR count).